The highest BCUT2D eigenvalue weighted by Crippen LogP contribution is 2.33. The fourth-order valence-corrected chi connectivity index (χ4v) is 3.46. The van der Waals surface area contributed by atoms with Gasteiger partial charge in [-0.2, -0.15) is 0 Å². The lowest BCUT2D eigenvalue weighted by Gasteiger charge is -2.32. The molecule has 0 spiro atoms. The van der Waals surface area contributed by atoms with Crippen molar-refractivity contribution >= 4 is 44.8 Å². The molecule has 1 atom stereocenters. The summed E-state index contributed by atoms with van der Waals surface area (Å²) in [5.74, 6) is 0. The van der Waals surface area contributed by atoms with Gasteiger partial charge in [0.2, 0.25) is 0 Å². The molecule has 1 unspecified atom stereocenters. The predicted octanol–water partition coefficient (Wildman–Crippen LogP) is 3.89. The van der Waals surface area contributed by atoms with E-state index in [0.717, 1.165) is 36.4 Å². The third-order valence-corrected chi connectivity index (χ3v) is 4.24. The summed E-state index contributed by atoms with van der Waals surface area (Å²) in [4.78, 5) is 2.38. The quantitative estimate of drug-likeness (QED) is 0.873. The zero-order valence-electron chi connectivity index (χ0n) is 10.8. The second-order valence-corrected chi connectivity index (χ2v) is 6.24. The van der Waals surface area contributed by atoms with Crippen LogP contribution in [0.4, 0.5) is 5.69 Å². The highest BCUT2D eigenvalue weighted by atomic mass is 79.9. The van der Waals surface area contributed by atoms with Gasteiger partial charge < -0.3 is 10.1 Å². The van der Waals surface area contributed by atoms with Crippen LogP contribution in [-0.2, 0) is 4.74 Å². The first-order chi connectivity index (χ1) is 9.10. The number of ether oxygens (including phenoxy) is 1. The number of likely N-dealkylation sites (N-methyl/N-ethyl adjacent to an activating group) is 1. The molecule has 0 aromatic heterocycles. The summed E-state index contributed by atoms with van der Waals surface area (Å²) in [6, 6.07) is 3.66. The lowest BCUT2D eigenvalue weighted by Crippen LogP contribution is -2.45. The second-order valence-electron chi connectivity index (χ2n) is 4.51. The fourth-order valence-electron chi connectivity index (χ4n) is 2.12. The van der Waals surface area contributed by atoms with Gasteiger partial charge in [-0.05, 0) is 18.7 Å². The molecule has 0 radical (unpaired) electrons. The molecule has 0 aliphatic carbocycles. The maximum atomic E-state index is 6.18. The van der Waals surface area contributed by atoms with Crippen LogP contribution in [0.2, 0.25) is 10.0 Å². The topological polar surface area (TPSA) is 24.5 Å². The van der Waals surface area contributed by atoms with Gasteiger partial charge in [0, 0.05) is 24.1 Å². The highest BCUT2D eigenvalue weighted by molar-refractivity contribution is 9.10. The van der Waals surface area contributed by atoms with E-state index >= 15 is 0 Å². The van der Waals surface area contributed by atoms with E-state index in [1.165, 1.54) is 0 Å². The van der Waals surface area contributed by atoms with E-state index in [-0.39, 0.29) is 6.10 Å². The van der Waals surface area contributed by atoms with E-state index in [4.69, 9.17) is 27.9 Å². The van der Waals surface area contributed by atoms with E-state index in [9.17, 15) is 0 Å². The van der Waals surface area contributed by atoms with Crippen molar-refractivity contribution in [3.63, 3.8) is 0 Å². The molecule has 1 saturated heterocycles. The van der Waals surface area contributed by atoms with Crippen molar-refractivity contribution in [2.24, 2.45) is 0 Å². The smallest absolute Gasteiger partial charge is 0.0874 e. The monoisotopic (exact) mass is 366 g/mol. The van der Waals surface area contributed by atoms with Crippen LogP contribution >= 0.6 is 39.1 Å². The molecular formula is C13H17BrCl2N2O. The number of hydrogen-bond acceptors (Lipinski definition) is 3. The van der Waals surface area contributed by atoms with Crippen LogP contribution in [-0.4, -0.2) is 43.8 Å². The first-order valence-electron chi connectivity index (χ1n) is 6.32. The number of anilines is 1. The molecule has 106 valence electrons. The van der Waals surface area contributed by atoms with Crippen LogP contribution in [0.15, 0.2) is 16.6 Å². The Morgan fingerprint density at radius 1 is 1.42 bits per heavy atom. The average molecular weight is 368 g/mol. The van der Waals surface area contributed by atoms with Gasteiger partial charge >= 0.3 is 0 Å². The minimum atomic E-state index is 0.171. The standard InChI is InChI=1S/C13H17BrCl2N2O/c1-2-18-3-4-19-10(8-18)7-17-13-11(15)5-9(14)6-12(13)16/h5-6,10,17H,2-4,7-8H2,1H3. The van der Waals surface area contributed by atoms with Crippen molar-refractivity contribution in [3.8, 4) is 0 Å². The first kappa shape index (κ1) is 15.4. The first-order valence-corrected chi connectivity index (χ1v) is 7.87. The van der Waals surface area contributed by atoms with Crippen LogP contribution < -0.4 is 5.32 Å². The van der Waals surface area contributed by atoms with Crippen LogP contribution in [0.1, 0.15) is 6.92 Å². The van der Waals surface area contributed by atoms with Gasteiger partial charge in [-0.1, -0.05) is 46.1 Å². The van der Waals surface area contributed by atoms with Gasteiger partial charge in [-0.15, -0.1) is 0 Å². The summed E-state index contributed by atoms with van der Waals surface area (Å²) < 4.78 is 6.61. The van der Waals surface area contributed by atoms with Gasteiger partial charge in [-0.3, -0.25) is 4.90 Å². The number of nitrogens with one attached hydrogen (secondary N) is 1. The van der Waals surface area contributed by atoms with Crippen molar-refractivity contribution in [1.82, 2.24) is 4.90 Å². The molecule has 1 aliphatic heterocycles. The molecule has 2 rings (SSSR count). The summed E-state index contributed by atoms with van der Waals surface area (Å²) in [7, 11) is 0. The minimum absolute atomic E-state index is 0.171. The number of morpholine rings is 1. The van der Waals surface area contributed by atoms with Crippen molar-refractivity contribution in [2.75, 3.05) is 38.1 Å². The predicted molar refractivity (Wildman–Crippen MR) is 84.5 cm³/mol. The lowest BCUT2D eigenvalue weighted by atomic mass is 10.2. The van der Waals surface area contributed by atoms with E-state index in [1.807, 2.05) is 12.1 Å². The van der Waals surface area contributed by atoms with Crippen LogP contribution in [0.5, 0.6) is 0 Å². The number of hydrogen-bond donors (Lipinski definition) is 1. The molecule has 0 saturated carbocycles. The Morgan fingerprint density at radius 2 is 2.11 bits per heavy atom. The molecule has 6 heteroatoms. The zero-order valence-corrected chi connectivity index (χ0v) is 13.9. The maximum Gasteiger partial charge on any atom is 0.0874 e. The molecule has 0 amide bonds. The van der Waals surface area contributed by atoms with E-state index in [0.29, 0.717) is 16.6 Å². The molecule has 1 aromatic rings. The average Bonchev–Trinajstić information content (AvgIpc) is 2.37. The molecule has 1 aliphatic rings. The van der Waals surface area contributed by atoms with E-state index in [1.54, 1.807) is 0 Å². The number of halogens is 3. The minimum Gasteiger partial charge on any atom is -0.380 e. The second kappa shape index (κ2) is 7.14. The fraction of sp³-hybridized carbons (Fsp3) is 0.538. The van der Waals surface area contributed by atoms with Gasteiger partial charge in [0.15, 0.2) is 0 Å². The largest absolute Gasteiger partial charge is 0.380 e. The summed E-state index contributed by atoms with van der Waals surface area (Å²) in [5, 5.41) is 4.51. The molecule has 1 fully saturated rings. The van der Waals surface area contributed by atoms with E-state index < -0.39 is 0 Å². The molecule has 1 heterocycles. The zero-order chi connectivity index (χ0) is 13.8. The summed E-state index contributed by atoms with van der Waals surface area (Å²) >= 11 is 15.7. The lowest BCUT2D eigenvalue weighted by molar-refractivity contribution is -0.0191. The summed E-state index contributed by atoms with van der Waals surface area (Å²) in [5.41, 5.74) is 0.767. The Balaban J connectivity index is 1.95. The molecule has 3 nitrogen and oxygen atoms in total. The van der Waals surface area contributed by atoms with Crippen LogP contribution in [0, 0.1) is 0 Å². The normalized spacial score (nSPS) is 20.5. The van der Waals surface area contributed by atoms with Gasteiger partial charge in [0.05, 0.1) is 28.4 Å². The van der Waals surface area contributed by atoms with Crippen molar-refractivity contribution in [3.05, 3.63) is 26.7 Å². The Morgan fingerprint density at radius 3 is 2.74 bits per heavy atom. The number of nitrogens with zero attached hydrogens (tertiary/aromatic N) is 1. The third kappa shape index (κ3) is 4.23. The Labute approximate surface area is 132 Å². The highest BCUT2D eigenvalue weighted by Gasteiger charge is 2.19. The van der Waals surface area contributed by atoms with Gasteiger partial charge in [-0.25, -0.2) is 0 Å². The third-order valence-electron chi connectivity index (χ3n) is 3.18. The van der Waals surface area contributed by atoms with Crippen LogP contribution in [0.25, 0.3) is 0 Å². The summed E-state index contributed by atoms with van der Waals surface area (Å²) in [6.07, 6.45) is 0.171. The molecule has 1 N–H and O–H groups in total. The Bertz CT molecular complexity index is 422. The Hall–Kier alpha value is -0.0000000000000000555. The van der Waals surface area contributed by atoms with Crippen molar-refractivity contribution in [2.45, 2.75) is 13.0 Å². The van der Waals surface area contributed by atoms with Crippen molar-refractivity contribution in [1.29, 1.82) is 0 Å². The molecule has 1 aromatic carbocycles. The SMILES string of the molecule is CCN1CCOC(CNc2c(Cl)cc(Br)cc2Cl)C1. The molecule has 0 bridgehead atoms. The Kier molecular flexibility index (Phi) is 5.78. The number of benzene rings is 1. The van der Waals surface area contributed by atoms with Gasteiger partial charge in [0.1, 0.15) is 0 Å². The van der Waals surface area contributed by atoms with E-state index in [2.05, 4.69) is 33.1 Å². The summed E-state index contributed by atoms with van der Waals surface area (Å²) in [6.45, 7) is 6.65. The van der Waals surface area contributed by atoms with Crippen molar-refractivity contribution < 1.29 is 4.74 Å². The molecular weight excluding hydrogens is 351 g/mol. The van der Waals surface area contributed by atoms with Crippen LogP contribution in [0.3, 0.4) is 0 Å². The van der Waals surface area contributed by atoms with Gasteiger partial charge in [0.25, 0.3) is 0 Å². The maximum absolute atomic E-state index is 6.18. The number of rotatable bonds is 4. The molecule has 19 heavy (non-hydrogen) atoms.